The molecule has 1 aromatic carbocycles. The number of nitrogens with zero attached hydrogens (tertiary/aromatic N) is 3. The van der Waals surface area contributed by atoms with Gasteiger partial charge in [0.25, 0.3) is 0 Å². The van der Waals surface area contributed by atoms with Crippen LogP contribution in [-0.4, -0.2) is 41.2 Å². The first kappa shape index (κ1) is 20.1. The van der Waals surface area contributed by atoms with Gasteiger partial charge < -0.3 is 20.1 Å². The molecule has 0 radical (unpaired) electrons. The van der Waals surface area contributed by atoms with Gasteiger partial charge in [-0.2, -0.15) is 4.98 Å². The van der Waals surface area contributed by atoms with Crippen LogP contribution in [0.5, 0.6) is 5.75 Å². The van der Waals surface area contributed by atoms with Crippen LogP contribution in [0.2, 0.25) is 0 Å². The fourth-order valence-corrected chi connectivity index (χ4v) is 2.70. The van der Waals surface area contributed by atoms with Crippen molar-refractivity contribution in [3.63, 3.8) is 0 Å². The molecule has 0 fully saturated rings. The smallest absolute Gasteiger partial charge is 0.341 e. The summed E-state index contributed by atoms with van der Waals surface area (Å²) >= 11 is 0. The average Bonchev–Trinajstić information content (AvgIpc) is 2.73. The Morgan fingerprint density at radius 1 is 1.03 bits per heavy atom. The zero-order valence-electron chi connectivity index (χ0n) is 16.8. The Bertz CT molecular complexity index is 993. The second-order valence-corrected chi connectivity index (χ2v) is 6.53. The monoisotopic (exact) mass is 393 g/mol. The Hall–Kier alpha value is -3.68. The number of methoxy groups -OCH3 is 2. The van der Waals surface area contributed by atoms with Crippen LogP contribution in [0, 0.1) is 0 Å². The topological polar surface area (TPSA) is 98.3 Å². The van der Waals surface area contributed by atoms with Crippen molar-refractivity contribution in [1.29, 1.82) is 0 Å². The Labute approximate surface area is 169 Å². The molecule has 0 amide bonds. The summed E-state index contributed by atoms with van der Waals surface area (Å²) in [5.74, 6) is 1.06. The van der Waals surface area contributed by atoms with Gasteiger partial charge in [0, 0.05) is 41.8 Å². The van der Waals surface area contributed by atoms with E-state index in [1.807, 2.05) is 32.0 Å². The van der Waals surface area contributed by atoms with Gasteiger partial charge in [-0.3, -0.25) is 4.98 Å². The van der Waals surface area contributed by atoms with Crippen LogP contribution in [-0.2, 0) is 4.74 Å². The lowest BCUT2D eigenvalue weighted by Crippen LogP contribution is -2.13. The van der Waals surface area contributed by atoms with E-state index >= 15 is 0 Å². The number of rotatable bonds is 7. The number of carbonyl (C=O) groups is 1. The summed E-state index contributed by atoms with van der Waals surface area (Å²) in [6, 6.07) is 10.9. The van der Waals surface area contributed by atoms with Crippen LogP contribution in [0.1, 0.15) is 24.2 Å². The van der Waals surface area contributed by atoms with Crippen molar-refractivity contribution in [3.8, 4) is 17.0 Å². The highest BCUT2D eigenvalue weighted by Gasteiger charge is 2.14. The maximum Gasteiger partial charge on any atom is 0.341 e. The molecule has 2 aromatic heterocycles. The first-order chi connectivity index (χ1) is 14.0. The van der Waals surface area contributed by atoms with Crippen LogP contribution in [0.4, 0.5) is 17.5 Å². The third-order valence-electron chi connectivity index (χ3n) is 4.00. The molecule has 2 heterocycles. The molecule has 8 heteroatoms. The largest absolute Gasteiger partial charge is 0.496 e. The van der Waals surface area contributed by atoms with Crippen LogP contribution < -0.4 is 15.4 Å². The summed E-state index contributed by atoms with van der Waals surface area (Å²) in [5, 5.41) is 6.48. The minimum absolute atomic E-state index is 0.176. The highest BCUT2D eigenvalue weighted by Crippen LogP contribution is 2.28. The molecular weight excluding hydrogens is 370 g/mol. The van der Waals surface area contributed by atoms with Gasteiger partial charge in [0.05, 0.1) is 19.9 Å². The zero-order chi connectivity index (χ0) is 20.8. The molecule has 0 unspecified atom stereocenters. The molecule has 3 rings (SSSR count). The van der Waals surface area contributed by atoms with Gasteiger partial charge in [-0.05, 0) is 38.1 Å². The van der Waals surface area contributed by atoms with Crippen LogP contribution in [0.15, 0.2) is 48.8 Å². The quantitative estimate of drug-likeness (QED) is 0.583. The molecule has 29 heavy (non-hydrogen) atoms. The van der Waals surface area contributed by atoms with Crippen LogP contribution in [0.25, 0.3) is 11.3 Å². The number of carbonyl (C=O) groups excluding carboxylic acids is 1. The zero-order valence-corrected chi connectivity index (χ0v) is 16.8. The number of benzene rings is 1. The summed E-state index contributed by atoms with van der Waals surface area (Å²) in [4.78, 5) is 25.0. The summed E-state index contributed by atoms with van der Waals surface area (Å²) in [6.45, 7) is 4.04. The number of ether oxygens (including phenoxy) is 2. The Morgan fingerprint density at radius 2 is 1.79 bits per heavy atom. The Balaban J connectivity index is 1.96. The minimum Gasteiger partial charge on any atom is -0.496 e. The van der Waals surface area contributed by atoms with Crippen molar-refractivity contribution < 1.29 is 14.3 Å². The molecule has 150 valence electrons. The van der Waals surface area contributed by atoms with E-state index in [4.69, 9.17) is 9.47 Å². The van der Waals surface area contributed by atoms with Gasteiger partial charge in [0.1, 0.15) is 17.1 Å². The SMILES string of the molecule is COC(=O)c1ccc(Nc2cc(-c3ccncc3)nc(NC(C)C)n2)cc1OC. The molecule has 0 spiro atoms. The second kappa shape index (κ2) is 9.01. The van der Waals surface area contributed by atoms with Gasteiger partial charge in [0.2, 0.25) is 5.95 Å². The van der Waals surface area contributed by atoms with E-state index in [-0.39, 0.29) is 6.04 Å². The van der Waals surface area contributed by atoms with Crippen molar-refractivity contribution in [1.82, 2.24) is 15.0 Å². The lowest BCUT2D eigenvalue weighted by atomic mass is 10.1. The van der Waals surface area contributed by atoms with E-state index in [9.17, 15) is 4.79 Å². The number of anilines is 3. The van der Waals surface area contributed by atoms with Crippen molar-refractivity contribution in [2.24, 2.45) is 0 Å². The summed E-state index contributed by atoms with van der Waals surface area (Å²) in [7, 11) is 2.83. The highest BCUT2D eigenvalue weighted by atomic mass is 16.5. The molecular formula is C21H23N5O3. The lowest BCUT2D eigenvalue weighted by Gasteiger charge is -2.14. The predicted octanol–water partition coefficient (Wildman–Crippen LogP) is 3.90. The summed E-state index contributed by atoms with van der Waals surface area (Å²) < 4.78 is 10.1. The molecule has 0 atom stereocenters. The maximum absolute atomic E-state index is 11.9. The number of esters is 1. The van der Waals surface area contributed by atoms with Crippen molar-refractivity contribution in [3.05, 3.63) is 54.4 Å². The molecule has 0 aliphatic heterocycles. The first-order valence-corrected chi connectivity index (χ1v) is 9.09. The van der Waals surface area contributed by atoms with Gasteiger partial charge in [0.15, 0.2) is 0 Å². The van der Waals surface area contributed by atoms with E-state index in [1.54, 1.807) is 30.6 Å². The van der Waals surface area contributed by atoms with Crippen LogP contribution in [0.3, 0.4) is 0 Å². The highest BCUT2D eigenvalue weighted by molar-refractivity contribution is 5.93. The Morgan fingerprint density at radius 3 is 2.45 bits per heavy atom. The number of aromatic nitrogens is 3. The fourth-order valence-electron chi connectivity index (χ4n) is 2.70. The number of hydrogen-bond donors (Lipinski definition) is 2. The third kappa shape index (κ3) is 4.98. The van der Waals surface area contributed by atoms with Crippen molar-refractivity contribution >= 4 is 23.4 Å². The minimum atomic E-state index is -0.459. The number of hydrogen-bond acceptors (Lipinski definition) is 8. The summed E-state index contributed by atoms with van der Waals surface area (Å²) in [5.41, 5.74) is 2.74. The first-order valence-electron chi connectivity index (χ1n) is 9.09. The molecule has 0 aliphatic rings. The maximum atomic E-state index is 11.9. The molecule has 0 saturated heterocycles. The van der Waals surface area contributed by atoms with Gasteiger partial charge in [-0.15, -0.1) is 0 Å². The standard InChI is InChI=1S/C21H23N5O3/c1-13(2)23-21-25-17(14-7-9-22-10-8-14)12-19(26-21)24-15-5-6-16(20(27)29-4)18(11-15)28-3/h5-13H,1-4H3,(H2,23,24,25,26). The molecule has 3 aromatic rings. The van der Waals surface area contributed by atoms with E-state index in [0.717, 1.165) is 11.3 Å². The number of nitrogens with one attached hydrogen (secondary N) is 2. The molecule has 8 nitrogen and oxygen atoms in total. The molecule has 0 bridgehead atoms. The van der Waals surface area contributed by atoms with Gasteiger partial charge in [-0.1, -0.05) is 0 Å². The molecule has 0 saturated carbocycles. The number of pyridine rings is 1. The fraction of sp³-hybridized carbons (Fsp3) is 0.238. The normalized spacial score (nSPS) is 10.5. The van der Waals surface area contributed by atoms with E-state index in [0.29, 0.717) is 28.8 Å². The van der Waals surface area contributed by atoms with Crippen molar-refractivity contribution in [2.45, 2.75) is 19.9 Å². The summed E-state index contributed by atoms with van der Waals surface area (Å²) in [6.07, 6.45) is 3.44. The van der Waals surface area contributed by atoms with Crippen molar-refractivity contribution in [2.75, 3.05) is 24.9 Å². The van der Waals surface area contributed by atoms with E-state index < -0.39 is 5.97 Å². The predicted molar refractivity (Wildman–Crippen MR) is 112 cm³/mol. The van der Waals surface area contributed by atoms with E-state index in [1.165, 1.54) is 14.2 Å². The van der Waals surface area contributed by atoms with Gasteiger partial charge in [-0.25, -0.2) is 9.78 Å². The van der Waals surface area contributed by atoms with Crippen LogP contribution >= 0.6 is 0 Å². The van der Waals surface area contributed by atoms with E-state index in [2.05, 4.69) is 25.6 Å². The lowest BCUT2D eigenvalue weighted by molar-refractivity contribution is 0.0597. The average molecular weight is 393 g/mol. The second-order valence-electron chi connectivity index (χ2n) is 6.53. The third-order valence-corrected chi connectivity index (χ3v) is 4.00. The molecule has 2 N–H and O–H groups in total. The van der Waals surface area contributed by atoms with Gasteiger partial charge >= 0.3 is 5.97 Å². The molecule has 0 aliphatic carbocycles. The Kier molecular flexibility index (Phi) is 6.23.